The topological polar surface area (TPSA) is 125 Å². The van der Waals surface area contributed by atoms with E-state index in [9.17, 15) is 23.6 Å². The number of halogens is 1. The lowest BCUT2D eigenvalue weighted by Crippen LogP contribution is -2.47. The Balaban J connectivity index is 2.38. The molecule has 0 aliphatic heterocycles. The molecule has 8 nitrogen and oxygen atoms in total. The standard InChI is InChI=1S/C17H22FN3O5/c1-10(2)6-13(17(25)26)21-15(23)9-19-14(22)8-20-16(24)11-4-3-5-12(18)7-11/h3-5,7,10,13H,6,8-9H2,1-2H3,(H,19,22)(H,20,24)(H,21,23)(H,25,26)/t13-/m0/s1. The Morgan fingerprint density at radius 1 is 1.08 bits per heavy atom. The molecular weight excluding hydrogens is 345 g/mol. The van der Waals surface area contributed by atoms with Crippen LogP contribution in [-0.2, 0) is 14.4 Å². The maximum atomic E-state index is 13.0. The highest BCUT2D eigenvalue weighted by Crippen LogP contribution is 2.05. The van der Waals surface area contributed by atoms with Crippen LogP contribution in [0.4, 0.5) is 4.39 Å². The van der Waals surface area contributed by atoms with Crippen LogP contribution in [0.1, 0.15) is 30.6 Å². The summed E-state index contributed by atoms with van der Waals surface area (Å²) in [6.45, 7) is 2.82. The molecule has 1 rings (SSSR count). The molecule has 0 unspecified atom stereocenters. The molecule has 0 aliphatic carbocycles. The Labute approximate surface area is 150 Å². The average Bonchev–Trinajstić information content (AvgIpc) is 2.56. The number of amides is 3. The Kier molecular flexibility index (Phi) is 8.20. The van der Waals surface area contributed by atoms with E-state index in [0.717, 1.165) is 6.07 Å². The number of carbonyl (C=O) groups is 4. The molecule has 1 aromatic rings. The first kappa shape index (κ1) is 21.1. The summed E-state index contributed by atoms with van der Waals surface area (Å²) in [6, 6.07) is 3.94. The smallest absolute Gasteiger partial charge is 0.326 e. The number of hydrogen-bond donors (Lipinski definition) is 4. The fraction of sp³-hybridized carbons (Fsp3) is 0.412. The Morgan fingerprint density at radius 2 is 1.73 bits per heavy atom. The third-order valence-corrected chi connectivity index (χ3v) is 3.28. The predicted molar refractivity (Wildman–Crippen MR) is 90.8 cm³/mol. The fourth-order valence-electron chi connectivity index (χ4n) is 2.07. The van der Waals surface area contributed by atoms with Crippen molar-refractivity contribution >= 4 is 23.7 Å². The summed E-state index contributed by atoms with van der Waals surface area (Å²) in [7, 11) is 0. The zero-order valence-electron chi connectivity index (χ0n) is 14.5. The van der Waals surface area contributed by atoms with Gasteiger partial charge in [-0.05, 0) is 30.5 Å². The Hall–Kier alpha value is -2.97. The highest BCUT2D eigenvalue weighted by molar-refractivity contribution is 5.97. The van der Waals surface area contributed by atoms with E-state index in [1.54, 1.807) is 0 Å². The van der Waals surface area contributed by atoms with Crippen molar-refractivity contribution in [1.29, 1.82) is 0 Å². The number of nitrogens with one attached hydrogen (secondary N) is 3. The number of aliphatic carboxylic acids is 1. The van der Waals surface area contributed by atoms with Crippen LogP contribution in [0.2, 0.25) is 0 Å². The van der Waals surface area contributed by atoms with E-state index < -0.39 is 48.6 Å². The first-order valence-corrected chi connectivity index (χ1v) is 8.01. The number of rotatable bonds is 9. The van der Waals surface area contributed by atoms with Crippen LogP contribution in [0.3, 0.4) is 0 Å². The first-order chi connectivity index (χ1) is 12.2. The molecule has 0 saturated heterocycles. The molecule has 0 saturated carbocycles. The maximum absolute atomic E-state index is 13.0. The number of carbonyl (C=O) groups excluding carboxylic acids is 3. The van der Waals surface area contributed by atoms with Gasteiger partial charge in [0.25, 0.3) is 5.91 Å². The molecule has 1 atom stereocenters. The van der Waals surface area contributed by atoms with Crippen LogP contribution in [0.25, 0.3) is 0 Å². The number of carboxylic acids is 1. The maximum Gasteiger partial charge on any atom is 0.326 e. The molecule has 0 heterocycles. The van der Waals surface area contributed by atoms with Crippen LogP contribution in [0, 0.1) is 11.7 Å². The predicted octanol–water partition coefficient (Wildman–Crippen LogP) is 0.287. The lowest BCUT2D eigenvalue weighted by Gasteiger charge is -2.16. The van der Waals surface area contributed by atoms with Crippen molar-refractivity contribution in [2.45, 2.75) is 26.3 Å². The second-order valence-corrected chi connectivity index (χ2v) is 6.06. The van der Waals surface area contributed by atoms with Gasteiger partial charge in [0, 0.05) is 5.56 Å². The highest BCUT2D eigenvalue weighted by Gasteiger charge is 2.21. The second-order valence-electron chi connectivity index (χ2n) is 6.06. The van der Waals surface area contributed by atoms with Crippen molar-refractivity contribution in [3.63, 3.8) is 0 Å². The summed E-state index contributed by atoms with van der Waals surface area (Å²) < 4.78 is 13.0. The van der Waals surface area contributed by atoms with Gasteiger partial charge in [0.2, 0.25) is 11.8 Å². The molecule has 142 valence electrons. The normalized spacial score (nSPS) is 11.5. The summed E-state index contributed by atoms with van der Waals surface area (Å²) in [6.07, 6.45) is 0.263. The molecule has 0 radical (unpaired) electrons. The van der Waals surface area contributed by atoms with Crippen molar-refractivity contribution in [3.05, 3.63) is 35.6 Å². The second kappa shape index (κ2) is 10.1. The molecule has 0 aliphatic rings. The van der Waals surface area contributed by atoms with Gasteiger partial charge in [-0.2, -0.15) is 0 Å². The third-order valence-electron chi connectivity index (χ3n) is 3.28. The number of benzene rings is 1. The van der Waals surface area contributed by atoms with Crippen molar-refractivity contribution < 1.29 is 28.7 Å². The lowest BCUT2D eigenvalue weighted by molar-refractivity contribution is -0.142. The molecule has 0 fully saturated rings. The molecule has 0 aromatic heterocycles. The summed E-state index contributed by atoms with van der Waals surface area (Å²) in [5, 5.41) is 15.9. The molecule has 26 heavy (non-hydrogen) atoms. The van der Waals surface area contributed by atoms with Gasteiger partial charge in [0.05, 0.1) is 13.1 Å². The van der Waals surface area contributed by atoms with E-state index in [-0.39, 0.29) is 17.9 Å². The van der Waals surface area contributed by atoms with Gasteiger partial charge in [0.15, 0.2) is 0 Å². The SMILES string of the molecule is CC(C)C[C@H](NC(=O)CNC(=O)CNC(=O)c1cccc(F)c1)C(=O)O. The quantitative estimate of drug-likeness (QED) is 0.499. The van der Waals surface area contributed by atoms with E-state index in [1.165, 1.54) is 18.2 Å². The van der Waals surface area contributed by atoms with Gasteiger partial charge >= 0.3 is 5.97 Å². The van der Waals surface area contributed by atoms with Gasteiger partial charge in [-0.25, -0.2) is 9.18 Å². The third kappa shape index (κ3) is 7.73. The largest absolute Gasteiger partial charge is 0.480 e. The molecule has 1 aromatic carbocycles. The minimum absolute atomic E-state index is 0.0635. The van der Waals surface area contributed by atoms with E-state index in [4.69, 9.17) is 5.11 Å². The first-order valence-electron chi connectivity index (χ1n) is 8.01. The van der Waals surface area contributed by atoms with Crippen molar-refractivity contribution in [2.75, 3.05) is 13.1 Å². The van der Waals surface area contributed by atoms with Gasteiger partial charge in [-0.3, -0.25) is 14.4 Å². The number of carboxylic acid groups (broad SMARTS) is 1. The summed E-state index contributed by atoms with van der Waals surface area (Å²) in [5.41, 5.74) is 0.0635. The van der Waals surface area contributed by atoms with Crippen LogP contribution in [0.15, 0.2) is 24.3 Å². The Bertz CT molecular complexity index is 678. The summed E-state index contributed by atoms with van der Waals surface area (Å²) in [4.78, 5) is 46.2. The van der Waals surface area contributed by atoms with E-state index in [1.807, 2.05) is 13.8 Å². The molecule has 0 bridgehead atoms. The highest BCUT2D eigenvalue weighted by atomic mass is 19.1. The van der Waals surface area contributed by atoms with Crippen molar-refractivity contribution in [2.24, 2.45) is 5.92 Å². The average molecular weight is 367 g/mol. The zero-order chi connectivity index (χ0) is 19.7. The van der Waals surface area contributed by atoms with Gasteiger partial charge in [-0.15, -0.1) is 0 Å². The Morgan fingerprint density at radius 3 is 2.31 bits per heavy atom. The van der Waals surface area contributed by atoms with Crippen molar-refractivity contribution in [3.8, 4) is 0 Å². The van der Waals surface area contributed by atoms with Gasteiger partial charge in [0.1, 0.15) is 11.9 Å². The van der Waals surface area contributed by atoms with Crippen LogP contribution in [-0.4, -0.2) is 47.9 Å². The number of hydrogen-bond acceptors (Lipinski definition) is 4. The molecule has 3 amide bonds. The zero-order valence-corrected chi connectivity index (χ0v) is 14.5. The molecule has 0 spiro atoms. The van der Waals surface area contributed by atoms with Crippen LogP contribution < -0.4 is 16.0 Å². The van der Waals surface area contributed by atoms with Crippen molar-refractivity contribution in [1.82, 2.24) is 16.0 Å². The lowest BCUT2D eigenvalue weighted by atomic mass is 10.0. The summed E-state index contributed by atoms with van der Waals surface area (Å²) in [5.74, 6) is -3.58. The fourth-order valence-corrected chi connectivity index (χ4v) is 2.07. The van der Waals surface area contributed by atoms with Gasteiger partial charge < -0.3 is 21.1 Å². The van der Waals surface area contributed by atoms with E-state index in [2.05, 4.69) is 16.0 Å². The van der Waals surface area contributed by atoms with E-state index in [0.29, 0.717) is 0 Å². The minimum atomic E-state index is -1.15. The van der Waals surface area contributed by atoms with Gasteiger partial charge in [-0.1, -0.05) is 19.9 Å². The molecule has 9 heteroatoms. The monoisotopic (exact) mass is 367 g/mol. The summed E-state index contributed by atoms with van der Waals surface area (Å²) >= 11 is 0. The molecular formula is C17H22FN3O5. The van der Waals surface area contributed by atoms with Crippen LogP contribution in [0.5, 0.6) is 0 Å². The van der Waals surface area contributed by atoms with E-state index >= 15 is 0 Å². The van der Waals surface area contributed by atoms with Crippen LogP contribution >= 0.6 is 0 Å². The molecule has 4 N–H and O–H groups in total. The minimum Gasteiger partial charge on any atom is -0.480 e.